The van der Waals surface area contributed by atoms with Crippen molar-refractivity contribution in [3.63, 3.8) is 0 Å². The summed E-state index contributed by atoms with van der Waals surface area (Å²) in [5, 5.41) is 0. The van der Waals surface area contributed by atoms with Gasteiger partial charge in [-0.05, 0) is 244 Å². The molecule has 0 fully saturated rings. The molecule has 132 heavy (non-hydrogen) atoms. The lowest BCUT2D eigenvalue weighted by Gasteiger charge is -2.18. The summed E-state index contributed by atoms with van der Waals surface area (Å²) in [6.45, 7) is 39.8. The second-order valence-corrected chi connectivity index (χ2v) is 37.1. The largest absolute Gasteiger partial charge is 0.0622 e. The van der Waals surface area contributed by atoms with Crippen molar-refractivity contribution in [2.75, 3.05) is 0 Å². The van der Waals surface area contributed by atoms with E-state index in [0.717, 1.165) is 0 Å². The minimum Gasteiger partial charge on any atom is -0.0622 e. The van der Waals surface area contributed by atoms with Crippen molar-refractivity contribution >= 4 is 0 Å². The Morgan fingerprint density at radius 1 is 0.121 bits per heavy atom. The van der Waals surface area contributed by atoms with E-state index in [1.165, 1.54) is 200 Å². The molecule has 0 amide bonds. The van der Waals surface area contributed by atoms with Crippen LogP contribution >= 0.6 is 0 Å². The van der Waals surface area contributed by atoms with Crippen molar-refractivity contribution in [3.05, 3.63) is 504 Å². The maximum Gasteiger partial charge on any atom is -0.00707 e. The first kappa shape index (κ1) is 95.5. The summed E-state index contributed by atoms with van der Waals surface area (Å²) in [6.07, 6.45) is 0. The molecule has 18 aromatic carbocycles. The molecule has 0 atom stereocenters. The maximum atomic E-state index is 2.34. The molecule has 660 valence electrons. The molecular weight excluding hydrogens is 1590 g/mol. The fourth-order valence-corrected chi connectivity index (χ4v) is 17.0. The Morgan fingerprint density at radius 2 is 0.318 bits per heavy atom. The summed E-state index contributed by atoms with van der Waals surface area (Å²) < 4.78 is 0. The molecule has 0 unspecified atom stereocenters. The topological polar surface area (TPSA) is 0 Å². The summed E-state index contributed by atoms with van der Waals surface area (Å²) in [6, 6.07) is 158. The predicted molar refractivity (Wildman–Crippen MR) is 577 cm³/mol. The molecule has 0 saturated heterocycles. The Kier molecular flexibility index (Phi) is 33.6. The molecule has 0 nitrogen and oxygen atoms in total. The van der Waals surface area contributed by atoms with Crippen LogP contribution in [0.25, 0.3) is 134 Å². The van der Waals surface area contributed by atoms with E-state index in [0.29, 0.717) is 35.5 Å². The standard InChI is InChI=1S/6C22H22/c1-16(2)19-12-13-21(20-11-7-8-17(3)14-20)22(15-19)18-9-5-4-6-10-18;2*1-16(2)20-10-7-11-21(18-8-5-4-6-9-18)22(20)19-14-12-17(3)13-15-19;1-16(2)20-13-14-21(19-11-9-17(3)10-12-19)22(15-20)18-7-5-4-6-8-18;2*1-16(2)20-13-14-21(18-7-5-4-6-8-18)22(15-20)19-11-9-17(3)10-12-19/h6*4-16H,1-3H3. The second-order valence-electron chi connectivity index (χ2n) is 37.1. The van der Waals surface area contributed by atoms with Gasteiger partial charge in [-0.2, -0.15) is 0 Å². The zero-order chi connectivity index (χ0) is 93.2. The molecule has 0 spiro atoms. The molecule has 0 heteroatoms. The van der Waals surface area contributed by atoms with Gasteiger partial charge in [-0.15, -0.1) is 0 Å². The highest BCUT2D eigenvalue weighted by Gasteiger charge is 2.20. The molecule has 0 aliphatic carbocycles. The minimum absolute atomic E-state index is 0.500. The number of aryl methyl sites for hydroxylation is 6. The van der Waals surface area contributed by atoms with Crippen LogP contribution in [0.2, 0.25) is 0 Å². The second kappa shape index (κ2) is 46.5. The van der Waals surface area contributed by atoms with Crippen LogP contribution in [0, 0.1) is 41.5 Å². The summed E-state index contributed by atoms with van der Waals surface area (Å²) in [5.74, 6) is 3.14. The van der Waals surface area contributed by atoms with Crippen LogP contribution in [0.3, 0.4) is 0 Å². The molecule has 0 saturated carbocycles. The van der Waals surface area contributed by atoms with Gasteiger partial charge in [-0.1, -0.05) is 553 Å². The van der Waals surface area contributed by atoms with Gasteiger partial charge in [0.15, 0.2) is 0 Å². The van der Waals surface area contributed by atoms with Crippen LogP contribution in [0.5, 0.6) is 0 Å². The number of rotatable bonds is 18. The van der Waals surface area contributed by atoms with Crippen LogP contribution in [0.4, 0.5) is 0 Å². The maximum absolute atomic E-state index is 2.34. The van der Waals surface area contributed by atoms with Crippen LogP contribution in [0.15, 0.2) is 437 Å². The van der Waals surface area contributed by atoms with E-state index in [1.807, 2.05) is 0 Å². The first-order chi connectivity index (χ1) is 63.9. The first-order valence-electron chi connectivity index (χ1n) is 47.5. The van der Waals surface area contributed by atoms with Crippen LogP contribution in [-0.4, -0.2) is 0 Å². The van der Waals surface area contributed by atoms with E-state index in [9.17, 15) is 0 Å². The Labute approximate surface area is 791 Å². The normalized spacial score (nSPS) is 10.9. The summed E-state index contributed by atoms with van der Waals surface area (Å²) in [5.41, 5.74) is 47.4. The van der Waals surface area contributed by atoms with Gasteiger partial charge >= 0.3 is 0 Å². The summed E-state index contributed by atoms with van der Waals surface area (Å²) in [4.78, 5) is 0. The Morgan fingerprint density at radius 3 is 0.553 bits per heavy atom. The molecule has 0 bridgehead atoms. The van der Waals surface area contributed by atoms with E-state index >= 15 is 0 Å². The van der Waals surface area contributed by atoms with Crippen LogP contribution in [-0.2, 0) is 0 Å². The summed E-state index contributed by atoms with van der Waals surface area (Å²) >= 11 is 0. The number of hydrogen-bond donors (Lipinski definition) is 0. The smallest absolute Gasteiger partial charge is 0.00707 e. The highest BCUT2D eigenvalue weighted by Crippen LogP contribution is 2.44. The lowest BCUT2D eigenvalue weighted by atomic mass is 9.86. The highest BCUT2D eigenvalue weighted by atomic mass is 14.2. The fraction of sp³-hybridized carbons (Fsp3) is 0.182. The van der Waals surface area contributed by atoms with Gasteiger partial charge in [-0.3, -0.25) is 0 Å². The number of hydrogen-bond acceptors (Lipinski definition) is 0. The third-order valence-electron chi connectivity index (χ3n) is 24.9. The monoisotopic (exact) mass is 1720 g/mol. The first-order valence-corrected chi connectivity index (χ1v) is 47.5. The van der Waals surface area contributed by atoms with Crippen molar-refractivity contribution in [2.45, 2.75) is 160 Å². The van der Waals surface area contributed by atoms with E-state index in [2.05, 4.69) is 561 Å². The Hall–Kier alpha value is -14.0. The van der Waals surface area contributed by atoms with Crippen molar-refractivity contribution < 1.29 is 0 Å². The van der Waals surface area contributed by atoms with Gasteiger partial charge in [0, 0.05) is 0 Å². The molecule has 18 rings (SSSR count). The molecule has 0 heterocycles. The lowest BCUT2D eigenvalue weighted by molar-refractivity contribution is 0.867. The minimum atomic E-state index is 0.500. The molecule has 0 aliphatic heterocycles. The van der Waals surface area contributed by atoms with Gasteiger partial charge in [-0.25, -0.2) is 0 Å². The van der Waals surface area contributed by atoms with E-state index in [4.69, 9.17) is 0 Å². The van der Waals surface area contributed by atoms with Gasteiger partial charge in [0.2, 0.25) is 0 Å². The van der Waals surface area contributed by atoms with Gasteiger partial charge in [0.05, 0.1) is 0 Å². The molecule has 0 aromatic heterocycles. The zero-order valence-corrected chi connectivity index (χ0v) is 81.0. The molecule has 0 aliphatic rings. The van der Waals surface area contributed by atoms with Gasteiger partial charge in [0.25, 0.3) is 0 Å². The molecule has 0 radical (unpaired) electrons. The molecular formula is C132H132. The molecule has 18 aromatic rings. The van der Waals surface area contributed by atoms with E-state index in [-0.39, 0.29) is 0 Å². The van der Waals surface area contributed by atoms with Crippen molar-refractivity contribution in [1.29, 1.82) is 0 Å². The van der Waals surface area contributed by atoms with E-state index in [1.54, 1.807) is 0 Å². The quantitative estimate of drug-likeness (QED) is 0.0803. The highest BCUT2D eigenvalue weighted by molar-refractivity contribution is 5.91. The van der Waals surface area contributed by atoms with Crippen molar-refractivity contribution in [3.8, 4) is 134 Å². The average Bonchev–Trinajstić information content (AvgIpc) is 0.782. The van der Waals surface area contributed by atoms with Crippen LogP contribution < -0.4 is 0 Å². The van der Waals surface area contributed by atoms with E-state index < -0.39 is 0 Å². The average molecular weight is 1720 g/mol. The third-order valence-corrected chi connectivity index (χ3v) is 24.9. The lowest BCUT2D eigenvalue weighted by Crippen LogP contribution is -1.95. The SMILES string of the molecule is Cc1ccc(-c2c(-c3ccccc3)cccc2C(C)C)cc1.Cc1ccc(-c2c(-c3ccccc3)cccc2C(C)C)cc1.Cc1ccc(-c2cc(C(C)C)ccc2-c2ccccc2)cc1.Cc1ccc(-c2cc(C(C)C)ccc2-c2ccccc2)cc1.Cc1ccc(-c2ccc(C(C)C)cc2-c2ccccc2)cc1.Cc1cccc(-c2ccc(C(C)C)cc2-c2ccccc2)c1. The van der Waals surface area contributed by atoms with Gasteiger partial charge in [0.1, 0.15) is 0 Å². The van der Waals surface area contributed by atoms with Crippen molar-refractivity contribution in [1.82, 2.24) is 0 Å². The Bertz CT molecular complexity index is 6290. The zero-order valence-electron chi connectivity index (χ0n) is 81.0. The predicted octanol–water partition coefficient (Wildman–Crippen LogP) is 38.7. The van der Waals surface area contributed by atoms with Crippen LogP contribution in [0.1, 0.15) is 185 Å². The van der Waals surface area contributed by atoms with Crippen molar-refractivity contribution in [2.24, 2.45) is 0 Å². The Balaban J connectivity index is 0.000000135. The number of benzene rings is 18. The third kappa shape index (κ3) is 25.3. The summed E-state index contributed by atoms with van der Waals surface area (Å²) in [7, 11) is 0. The van der Waals surface area contributed by atoms with Gasteiger partial charge < -0.3 is 0 Å². The molecule has 0 N–H and O–H groups in total. The fourth-order valence-electron chi connectivity index (χ4n) is 17.0.